The maximum Gasteiger partial charge on any atom is 0.194 e. The Labute approximate surface area is 173 Å². The van der Waals surface area contributed by atoms with E-state index in [1.165, 1.54) is 0 Å². The number of nitrogens with one attached hydrogen (secondary N) is 1. The Morgan fingerprint density at radius 1 is 1.24 bits per heavy atom. The Bertz CT molecular complexity index is 506. The third-order valence-electron chi connectivity index (χ3n) is 3.91. The molecule has 0 spiro atoms. The second-order valence-corrected chi connectivity index (χ2v) is 6.12. The molecule has 0 bridgehead atoms. The van der Waals surface area contributed by atoms with Gasteiger partial charge in [-0.25, -0.2) is 4.99 Å². The second-order valence-electron chi connectivity index (χ2n) is 5.68. The van der Waals surface area contributed by atoms with Crippen molar-refractivity contribution in [2.75, 3.05) is 39.4 Å². The number of guanidine groups is 1. The van der Waals surface area contributed by atoms with Gasteiger partial charge in [0.1, 0.15) is 12.4 Å². The Hall–Kier alpha value is -0.730. The molecule has 0 aromatic heterocycles. The SMILES string of the molecule is CCNC(=NCCOc1ccc(Cl)cc1)N1CCC(OCC)CC1.I. The van der Waals surface area contributed by atoms with E-state index in [9.17, 15) is 0 Å². The van der Waals surface area contributed by atoms with E-state index in [-0.39, 0.29) is 24.0 Å². The van der Waals surface area contributed by atoms with Crippen LogP contribution in [0.1, 0.15) is 26.7 Å². The van der Waals surface area contributed by atoms with E-state index in [4.69, 9.17) is 21.1 Å². The van der Waals surface area contributed by atoms with Gasteiger partial charge in [-0.3, -0.25) is 0 Å². The van der Waals surface area contributed by atoms with Gasteiger partial charge in [-0.05, 0) is 51.0 Å². The molecule has 0 amide bonds. The highest BCUT2D eigenvalue weighted by molar-refractivity contribution is 14.0. The van der Waals surface area contributed by atoms with Crippen molar-refractivity contribution in [3.05, 3.63) is 29.3 Å². The highest BCUT2D eigenvalue weighted by Gasteiger charge is 2.21. The lowest BCUT2D eigenvalue weighted by atomic mass is 10.1. The van der Waals surface area contributed by atoms with Crippen LogP contribution in [0.3, 0.4) is 0 Å². The van der Waals surface area contributed by atoms with Gasteiger partial charge in [0.05, 0.1) is 12.6 Å². The van der Waals surface area contributed by atoms with E-state index in [2.05, 4.69) is 29.1 Å². The summed E-state index contributed by atoms with van der Waals surface area (Å²) < 4.78 is 11.4. The first-order chi connectivity index (χ1) is 11.7. The highest BCUT2D eigenvalue weighted by Crippen LogP contribution is 2.16. The smallest absolute Gasteiger partial charge is 0.194 e. The number of nitrogens with zero attached hydrogens (tertiary/aromatic N) is 2. The molecule has 0 saturated carbocycles. The Morgan fingerprint density at radius 3 is 2.52 bits per heavy atom. The second kappa shape index (κ2) is 12.6. The number of ether oxygens (including phenoxy) is 2. The molecule has 1 saturated heterocycles. The van der Waals surface area contributed by atoms with Gasteiger partial charge in [-0.15, -0.1) is 24.0 Å². The first kappa shape index (κ1) is 22.3. The van der Waals surface area contributed by atoms with E-state index >= 15 is 0 Å². The van der Waals surface area contributed by atoms with Gasteiger partial charge in [0.2, 0.25) is 0 Å². The fourth-order valence-electron chi connectivity index (χ4n) is 2.74. The summed E-state index contributed by atoms with van der Waals surface area (Å²) in [5.74, 6) is 1.78. The summed E-state index contributed by atoms with van der Waals surface area (Å²) in [6, 6.07) is 7.39. The summed E-state index contributed by atoms with van der Waals surface area (Å²) in [6.45, 7) is 8.93. The molecule has 25 heavy (non-hydrogen) atoms. The van der Waals surface area contributed by atoms with Crippen LogP contribution in [0.4, 0.5) is 0 Å². The average Bonchev–Trinajstić information content (AvgIpc) is 2.60. The molecule has 0 radical (unpaired) electrons. The third-order valence-corrected chi connectivity index (χ3v) is 4.17. The molecule has 1 aliphatic heterocycles. The monoisotopic (exact) mass is 481 g/mol. The zero-order valence-electron chi connectivity index (χ0n) is 15.0. The molecule has 1 heterocycles. The van der Waals surface area contributed by atoms with Crippen LogP contribution in [-0.2, 0) is 4.74 Å². The first-order valence-corrected chi connectivity index (χ1v) is 9.14. The fraction of sp³-hybridized carbons (Fsp3) is 0.611. The minimum Gasteiger partial charge on any atom is -0.492 e. The van der Waals surface area contributed by atoms with Gasteiger partial charge in [0.25, 0.3) is 0 Å². The maximum atomic E-state index is 5.87. The van der Waals surface area contributed by atoms with Crippen molar-refractivity contribution in [3.63, 3.8) is 0 Å². The number of likely N-dealkylation sites (tertiary alicyclic amines) is 1. The van der Waals surface area contributed by atoms with Crippen LogP contribution >= 0.6 is 35.6 Å². The standard InChI is InChI=1S/C18H28ClN3O2.HI/c1-3-20-18(22-12-9-17(10-13-22)23-4-2)21-11-14-24-16-7-5-15(19)6-8-16;/h5-8,17H,3-4,9-14H2,1-2H3,(H,20,21);1H. The average molecular weight is 482 g/mol. The molecule has 1 aromatic rings. The summed E-state index contributed by atoms with van der Waals surface area (Å²) in [6.07, 6.45) is 2.50. The predicted molar refractivity (Wildman–Crippen MR) is 115 cm³/mol. The van der Waals surface area contributed by atoms with Crippen LogP contribution in [0.5, 0.6) is 5.75 Å². The number of rotatable bonds is 7. The van der Waals surface area contributed by atoms with E-state index in [1.54, 1.807) is 0 Å². The van der Waals surface area contributed by atoms with Crippen LogP contribution in [0.25, 0.3) is 0 Å². The number of aliphatic imine (C=N–C) groups is 1. The molecular formula is C18H29ClIN3O2. The topological polar surface area (TPSA) is 46.1 Å². The van der Waals surface area contributed by atoms with E-state index in [1.807, 2.05) is 24.3 Å². The Morgan fingerprint density at radius 2 is 1.92 bits per heavy atom. The van der Waals surface area contributed by atoms with Crippen LogP contribution < -0.4 is 10.1 Å². The number of halogens is 2. The third kappa shape index (κ3) is 8.00. The molecule has 1 aromatic carbocycles. The number of hydrogen-bond donors (Lipinski definition) is 1. The van der Waals surface area contributed by atoms with Crippen molar-refractivity contribution in [2.45, 2.75) is 32.8 Å². The van der Waals surface area contributed by atoms with E-state index in [0.717, 1.165) is 50.8 Å². The lowest BCUT2D eigenvalue weighted by Crippen LogP contribution is -2.47. The van der Waals surface area contributed by atoms with Gasteiger partial charge in [0.15, 0.2) is 5.96 Å². The van der Waals surface area contributed by atoms with Gasteiger partial charge >= 0.3 is 0 Å². The number of hydrogen-bond acceptors (Lipinski definition) is 3. The molecule has 1 fully saturated rings. The summed E-state index contributed by atoms with van der Waals surface area (Å²) in [4.78, 5) is 6.99. The highest BCUT2D eigenvalue weighted by atomic mass is 127. The Kier molecular flexibility index (Phi) is 11.2. The lowest BCUT2D eigenvalue weighted by molar-refractivity contribution is 0.0263. The molecule has 142 valence electrons. The Balaban J connectivity index is 0.00000312. The van der Waals surface area contributed by atoms with Crippen LogP contribution in [-0.4, -0.2) is 56.4 Å². The molecule has 1 aliphatic rings. The maximum absolute atomic E-state index is 5.87. The van der Waals surface area contributed by atoms with Crippen molar-refractivity contribution < 1.29 is 9.47 Å². The molecular weight excluding hydrogens is 453 g/mol. The molecule has 2 rings (SSSR count). The van der Waals surface area contributed by atoms with Crippen molar-refractivity contribution in [2.24, 2.45) is 4.99 Å². The minimum atomic E-state index is 0. The quantitative estimate of drug-likeness (QED) is 0.278. The molecule has 0 atom stereocenters. The van der Waals surface area contributed by atoms with Crippen LogP contribution in [0, 0.1) is 0 Å². The number of benzene rings is 1. The molecule has 0 aliphatic carbocycles. The summed E-state index contributed by atoms with van der Waals surface area (Å²) in [5, 5.41) is 4.08. The molecule has 5 nitrogen and oxygen atoms in total. The first-order valence-electron chi connectivity index (χ1n) is 8.76. The van der Waals surface area contributed by atoms with Crippen molar-refractivity contribution in [1.82, 2.24) is 10.2 Å². The van der Waals surface area contributed by atoms with E-state index < -0.39 is 0 Å². The van der Waals surface area contributed by atoms with E-state index in [0.29, 0.717) is 24.3 Å². The van der Waals surface area contributed by atoms with Gasteiger partial charge in [-0.2, -0.15) is 0 Å². The minimum absolute atomic E-state index is 0. The lowest BCUT2D eigenvalue weighted by Gasteiger charge is -2.34. The van der Waals surface area contributed by atoms with Gasteiger partial charge < -0.3 is 19.7 Å². The zero-order chi connectivity index (χ0) is 17.2. The fourth-order valence-corrected chi connectivity index (χ4v) is 2.87. The van der Waals surface area contributed by atoms with Crippen molar-refractivity contribution >= 4 is 41.5 Å². The van der Waals surface area contributed by atoms with Crippen LogP contribution in [0.15, 0.2) is 29.3 Å². The van der Waals surface area contributed by atoms with Crippen molar-refractivity contribution in [3.8, 4) is 5.75 Å². The van der Waals surface area contributed by atoms with Gasteiger partial charge in [-0.1, -0.05) is 11.6 Å². The molecule has 7 heteroatoms. The van der Waals surface area contributed by atoms with Crippen LogP contribution in [0.2, 0.25) is 5.02 Å². The van der Waals surface area contributed by atoms with Crippen molar-refractivity contribution in [1.29, 1.82) is 0 Å². The number of piperidine rings is 1. The largest absolute Gasteiger partial charge is 0.492 e. The molecule has 1 N–H and O–H groups in total. The summed E-state index contributed by atoms with van der Waals surface area (Å²) >= 11 is 5.87. The summed E-state index contributed by atoms with van der Waals surface area (Å²) in [7, 11) is 0. The molecule has 0 unspecified atom stereocenters. The normalized spacial score (nSPS) is 15.6. The summed E-state index contributed by atoms with van der Waals surface area (Å²) in [5.41, 5.74) is 0. The predicted octanol–water partition coefficient (Wildman–Crippen LogP) is 3.80. The van der Waals surface area contributed by atoms with Gasteiger partial charge in [0, 0.05) is 31.3 Å². The zero-order valence-corrected chi connectivity index (χ0v) is 18.1.